The van der Waals surface area contributed by atoms with Crippen LogP contribution in [-0.2, 0) is 4.79 Å². The van der Waals surface area contributed by atoms with Gasteiger partial charge >= 0.3 is 0 Å². The lowest BCUT2D eigenvalue weighted by molar-refractivity contribution is -0.119. The van der Waals surface area contributed by atoms with Crippen LogP contribution in [0.3, 0.4) is 0 Å². The van der Waals surface area contributed by atoms with Crippen LogP contribution in [-0.4, -0.2) is 26.7 Å². The largest absolute Gasteiger partial charge is 0.328 e. The van der Waals surface area contributed by atoms with Crippen LogP contribution in [0.15, 0.2) is 36.9 Å². The first-order valence-corrected chi connectivity index (χ1v) is 6.74. The zero-order valence-corrected chi connectivity index (χ0v) is 11.1. The van der Waals surface area contributed by atoms with E-state index in [-0.39, 0.29) is 17.9 Å². The quantitative estimate of drug-likeness (QED) is 0.882. The van der Waals surface area contributed by atoms with E-state index in [9.17, 15) is 4.79 Å². The maximum Gasteiger partial charge on any atom is 0.227 e. The van der Waals surface area contributed by atoms with Gasteiger partial charge in [-0.1, -0.05) is 12.1 Å². The Morgan fingerprint density at radius 3 is 2.90 bits per heavy atom. The average Bonchev–Trinajstić information content (AvgIpc) is 3.10. The van der Waals surface area contributed by atoms with Crippen LogP contribution in [0.4, 0.5) is 5.69 Å². The number of rotatable bonds is 3. The first-order valence-electron chi connectivity index (χ1n) is 6.74. The van der Waals surface area contributed by atoms with Crippen molar-refractivity contribution in [3.63, 3.8) is 0 Å². The molecular weight excluding hydrogens is 254 g/mol. The predicted molar refractivity (Wildman–Crippen MR) is 75.3 cm³/mol. The number of amides is 1. The molecule has 1 saturated carbocycles. The molecule has 6 heteroatoms. The molecule has 1 aromatic carbocycles. The molecule has 0 spiro atoms. The summed E-state index contributed by atoms with van der Waals surface area (Å²) in [6.07, 6.45) is 5.61. The number of para-hydroxylation sites is 2. The maximum absolute atomic E-state index is 12.3. The molecular formula is C14H17N5O. The molecule has 0 radical (unpaired) electrons. The minimum Gasteiger partial charge on any atom is -0.328 e. The van der Waals surface area contributed by atoms with Crippen molar-refractivity contribution in [2.75, 3.05) is 5.32 Å². The smallest absolute Gasteiger partial charge is 0.227 e. The molecule has 0 saturated heterocycles. The highest BCUT2D eigenvalue weighted by Gasteiger charge is 2.28. The van der Waals surface area contributed by atoms with E-state index in [4.69, 9.17) is 5.73 Å². The molecule has 1 aliphatic carbocycles. The summed E-state index contributed by atoms with van der Waals surface area (Å²) < 4.78 is 1.63. The van der Waals surface area contributed by atoms with Crippen LogP contribution in [0.25, 0.3) is 5.69 Å². The molecule has 0 bridgehead atoms. The molecule has 1 aliphatic rings. The number of benzene rings is 1. The maximum atomic E-state index is 12.3. The second-order valence-electron chi connectivity index (χ2n) is 5.12. The third kappa shape index (κ3) is 2.55. The van der Waals surface area contributed by atoms with Gasteiger partial charge < -0.3 is 11.1 Å². The number of aromatic nitrogens is 3. The van der Waals surface area contributed by atoms with Crippen LogP contribution in [0.2, 0.25) is 0 Å². The topological polar surface area (TPSA) is 85.8 Å². The number of nitrogens with one attached hydrogen (secondary N) is 1. The fraction of sp³-hybridized carbons (Fsp3) is 0.357. The Kier molecular flexibility index (Phi) is 3.47. The number of nitrogens with zero attached hydrogens (tertiary/aromatic N) is 3. The van der Waals surface area contributed by atoms with Gasteiger partial charge in [0.05, 0.1) is 11.4 Å². The van der Waals surface area contributed by atoms with Gasteiger partial charge in [-0.25, -0.2) is 9.67 Å². The van der Waals surface area contributed by atoms with Crippen molar-refractivity contribution in [2.24, 2.45) is 11.7 Å². The standard InChI is InChI=1S/C14H17N5O/c15-11-6-5-10(7-11)14(20)18-12-3-1-2-4-13(12)19-9-16-8-17-19/h1-4,8-11H,5-7,15H2,(H,18,20). The second-order valence-corrected chi connectivity index (χ2v) is 5.12. The fourth-order valence-corrected chi connectivity index (χ4v) is 2.60. The summed E-state index contributed by atoms with van der Waals surface area (Å²) >= 11 is 0. The van der Waals surface area contributed by atoms with Crippen molar-refractivity contribution in [2.45, 2.75) is 25.3 Å². The molecule has 6 nitrogen and oxygen atoms in total. The van der Waals surface area contributed by atoms with Crippen LogP contribution in [0, 0.1) is 5.92 Å². The SMILES string of the molecule is NC1CCC(C(=O)Nc2ccccc2-n2cncn2)C1. The molecule has 2 aromatic rings. The Labute approximate surface area is 117 Å². The Morgan fingerprint density at radius 1 is 1.35 bits per heavy atom. The molecule has 104 valence electrons. The van der Waals surface area contributed by atoms with Gasteiger partial charge in [0.25, 0.3) is 0 Å². The molecule has 3 rings (SSSR count). The highest BCUT2D eigenvalue weighted by molar-refractivity contribution is 5.94. The van der Waals surface area contributed by atoms with Crippen LogP contribution >= 0.6 is 0 Å². The second kappa shape index (κ2) is 5.42. The van der Waals surface area contributed by atoms with Crippen LogP contribution < -0.4 is 11.1 Å². The first kappa shape index (κ1) is 12.8. The van der Waals surface area contributed by atoms with E-state index in [2.05, 4.69) is 15.4 Å². The van der Waals surface area contributed by atoms with Gasteiger partial charge in [0.1, 0.15) is 12.7 Å². The minimum absolute atomic E-state index is 0.00815. The van der Waals surface area contributed by atoms with Crippen molar-refractivity contribution in [1.82, 2.24) is 14.8 Å². The van der Waals surface area contributed by atoms with Gasteiger partial charge in [-0.2, -0.15) is 5.10 Å². The van der Waals surface area contributed by atoms with Gasteiger partial charge in [-0.05, 0) is 31.4 Å². The minimum atomic E-state index is 0.00815. The van der Waals surface area contributed by atoms with Crippen LogP contribution in [0.5, 0.6) is 0 Å². The lowest BCUT2D eigenvalue weighted by Crippen LogP contribution is -2.23. The Balaban J connectivity index is 1.79. The molecule has 1 aromatic heterocycles. The van der Waals surface area contributed by atoms with E-state index >= 15 is 0 Å². The number of nitrogens with two attached hydrogens (primary N) is 1. The number of carbonyl (C=O) groups excluding carboxylic acids is 1. The summed E-state index contributed by atoms with van der Waals surface area (Å²) in [7, 11) is 0. The summed E-state index contributed by atoms with van der Waals surface area (Å²) in [5, 5.41) is 7.08. The molecule has 0 aliphatic heterocycles. The van der Waals surface area contributed by atoms with E-state index in [1.807, 2.05) is 24.3 Å². The van der Waals surface area contributed by atoms with Gasteiger partial charge in [0.15, 0.2) is 0 Å². The average molecular weight is 271 g/mol. The summed E-state index contributed by atoms with van der Waals surface area (Å²) in [6, 6.07) is 7.69. The van der Waals surface area contributed by atoms with Gasteiger partial charge in [-0.3, -0.25) is 4.79 Å². The number of hydrogen-bond donors (Lipinski definition) is 2. The molecule has 1 heterocycles. The highest BCUT2D eigenvalue weighted by Crippen LogP contribution is 2.26. The van der Waals surface area contributed by atoms with E-state index in [1.54, 1.807) is 11.0 Å². The molecule has 3 N–H and O–H groups in total. The van der Waals surface area contributed by atoms with E-state index in [0.29, 0.717) is 0 Å². The Bertz CT molecular complexity index is 595. The lowest BCUT2D eigenvalue weighted by atomic mass is 10.1. The van der Waals surface area contributed by atoms with Gasteiger partial charge in [0, 0.05) is 12.0 Å². The molecule has 2 atom stereocenters. The van der Waals surface area contributed by atoms with Crippen LogP contribution in [0.1, 0.15) is 19.3 Å². The number of anilines is 1. The molecule has 2 unspecified atom stereocenters. The third-order valence-corrected chi connectivity index (χ3v) is 3.67. The Morgan fingerprint density at radius 2 is 2.20 bits per heavy atom. The van der Waals surface area contributed by atoms with Crippen molar-refractivity contribution < 1.29 is 4.79 Å². The monoisotopic (exact) mass is 271 g/mol. The zero-order chi connectivity index (χ0) is 13.9. The van der Waals surface area contributed by atoms with Crippen molar-refractivity contribution in [3.05, 3.63) is 36.9 Å². The van der Waals surface area contributed by atoms with Crippen molar-refractivity contribution >= 4 is 11.6 Å². The summed E-state index contributed by atoms with van der Waals surface area (Å²) in [5.41, 5.74) is 7.41. The third-order valence-electron chi connectivity index (χ3n) is 3.67. The summed E-state index contributed by atoms with van der Waals surface area (Å²) in [5.74, 6) is 0.0410. The number of hydrogen-bond acceptors (Lipinski definition) is 4. The Hall–Kier alpha value is -2.21. The zero-order valence-electron chi connectivity index (χ0n) is 11.1. The van der Waals surface area contributed by atoms with Crippen molar-refractivity contribution in [3.8, 4) is 5.69 Å². The van der Waals surface area contributed by atoms with Crippen molar-refractivity contribution in [1.29, 1.82) is 0 Å². The lowest BCUT2D eigenvalue weighted by Gasteiger charge is -2.13. The predicted octanol–water partition coefficient (Wildman–Crippen LogP) is 1.33. The van der Waals surface area contributed by atoms with Gasteiger partial charge in [0.2, 0.25) is 5.91 Å². The first-order chi connectivity index (χ1) is 9.74. The van der Waals surface area contributed by atoms with E-state index in [0.717, 1.165) is 30.6 Å². The fourth-order valence-electron chi connectivity index (χ4n) is 2.60. The number of carbonyl (C=O) groups is 1. The summed E-state index contributed by atoms with van der Waals surface area (Å²) in [6.45, 7) is 0. The normalized spacial score (nSPS) is 21.9. The van der Waals surface area contributed by atoms with Gasteiger partial charge in [-0.15, -0.1) is 0 Å². The van der Waals surface area contributed by atoms with E-state index in [1.165, 1.54) is 6.33 Å². The van der Waals surface area contributed by atoms with E-state index < -0.39 is 0 Å². The summed E-state index contributed by atoms with van der Waals surface area (Å²) in [4.78, 5) is 16.2. The highest BCUT2D eigenvalue weighted by atomic mass is 16.1. The molecule has 1 amide bonds. The molecule has 20 heavy (non-hydrogen) atoms. The molecule has 1 fully saturated rings.